The molecule has 120 valence electrons. The van der Waals surface area contributed by atoms with Crippen LogP contribution in [0.5, 0.6) is 0 Å². The van der Waals surface area contributed by atoms with Crippen LogP contribution in [0.3, 0.4) is 0 Å². The Kier molecular flexibility index (Phi) is 7.08. The molecule has 1 atom stereocenters. The fraction of sp³-hybridized carbons (Fsp3) is 0.438. The van der Waals surface area contributed by atoms with E-state index in [1.807, 2.05) is 30.3 Å². The Labute approximate surface area is 129 Å². The first-order valence-corrected chi connectivity index (χ1v) is 7.01. The van der Waals surface area contributed by atoms with Crippen LogP contribution in [0.25, 0.3) is 0 Å². The maximum Gasteiger partial charge on any atom is 0.329 e. The Balaban J connectivity index is 2.65. The number of nitrogens with one attached hydrogen (secondary N) is 1. The number of ether oxygens (including phenoxy) is 2. The lowest BCUT2D eigenvalue weighted by Gasteiger charge is -2.18. The largest absolute Gasteiger partial charge is 0.469 e. The third-order valence-corrected chi connectivity index (χ3v) is 2.95. The van der Waals surface area contributed by atoms with Crippen molar-refractivity contribution in [3.8, 4) is 0 Å². The second-order valence-electron chi connectivity index (χ2n) is 5.09. The highest BCUT2D eigenvalue weighted by Crippen LogP contribution is 2.05. The van der Waals surface area contributed by atoms with Crippen LogP contribution in [0.2, 0.25) is 0 Å². The van der Waals surface area contributed by atoms with Crippen LogP contribution in [0.1, 0.15) is 25.8 Å². The third kappa shape index (κ3) is 5.95. The predicted molar refractivity (Wildman–Crippen MR) is 79.6 cm³/mol. The minimum Gasteiger partial charge on any atom is -0.469 e. The lowest BCUT2D eigenvalue weighted by molar-refractivity contribution is -0.153. The van der Waals surface area contributed by atoms with Gasteiger partial charge in [0, 0.05) is 5.92 Å². The average Bonchev–Trinajstić information content (AvgIpc) is 2.52. The Morgan fingerprint density at radius 3 is 2.32 bits per heavy atom. The molecule has 1 rings (SSSR count). The molecule has 0 fully saturated rings. The number of esters is 2. The summed E-state index contributed by atoms with van der Waals surface area (Å²) in [6.45, 7) is 3.47. The molecule has 0 aromatic heterocycles. The standard InChI is InChI=1S/C16H21NO5/c1-11(2)15(19)17-13(9-14(18)21-3)16(20)22-10-12-7-5-4-6-8-12/h4-8,11,13H,9-10H2,1-3H3,(H,17,19). The van der Waals surface area contributed by atoms with Crippen LogP contribution in [0, 0.1) is 5.92 Å². The molecule has 0 aliphatic carbocycles. The van der Waals surface area contributed by atoms with Crippen molar-refractivity contribution in [1.29, 1.82) is 0 Å². The number of rotatable bonds is 7. The van der Waals surface area contributed by atoms with Gasteiger partial charge in [0.05, 0.1) is 13.5 Å². The molecule has 6 heteroatoms. The molecule has 0 heterocycles. The molecule has 0 aliphatic rings. The van der Waals surface area contributed by atoms with Gasteiger partial charge in [-0.3, -0.25) is 9.59 Å². The Morgan fingerprint density at radius 1 is 1.14 bits per heavy atom. The molecule has 0 radical (unpaired) electrons. The normalized spacial score (nSPS) is 11.6. The summed E-state index contributed by atoms with van der Waals surface area (Å²) >= 11 is 0. The van der Waals surface area contributed by atoms with Crippen LogP contribution in [0.15, 0.2) is 30.3 Å². The predicted octanol–water partition coefficient (Wildman–Crippen LogP) is 1.43. The minimum atomic E-state index is -1.05. The molecule has 1 N–H and O–H groups in total. The van der Waals surface area contributed by atoms with Gasteiger partial charge in [-0.25, -0.2) is 4.79 Å². The van der Waals surface area contributed by atoms with Gasteiger partial charge in [0.15, 0.2) is 0 Å². The molecular weight excluding hydrogens is 286 g/mol. The zero-order chi connectivity index (χ0) is 16.5. The smallest absolute Gasteiger partial charge is 0.329 e. The summed E-state index contributed by atoms with van der Waals surface area (Å²) < 4.78 is 9.69. The van der Waals surface area contributed by atoms with Crippen LogP contribution >= 0.6 is 0 Å². The van der Waals surface area contributed by atoms with Gasteiger partial charge in [-0.2, -0.15) is 0 Å². The second kappa shape index (κ2) is 8.81. The lowest BCUT2D eigenvalue weighted by atomic mass is 10.1. The van der Waals surface area contributed by atoms with Gasteiger partial charge in [0.25, 0.3) is 0 Å². The van der Waals surface area contributed by atoms with Gasteiger partial charge < -0.3 is 14.8 Å². The molecule has 0 saturated carbocycles. The summed E-state index contributed by atoms with van der Waals surface area (Å²) in [5.41, 5.74) is 0.822. The van der Waals surface area contributed by atoms with Crippen LogP contribution in [-0.2, 0) is 30.5 Å². The van der Waals surface area contributed by atoms with E-state index in [2.05, 4.69) is 10.1 Å². The van der Waals surface area contributed by atoms with Gasteiger partial charge in [-0.05, 0) is 5.56 Å². The molecular formula is C16H21NO5. The molecule has 1 amide bonds. The first-order chi connectivity index (χ1) is 10.4. The van der Waals surface area contributed by atoms with Crippen molar-refractivity contribution >= 4 is 17.8 Å². The zero-order valence-corrected chi connectivity index (χ0v) is 13.0. The Morgan fingerprint density at radius 2 is 1.77 bits per heavy atom. The average molecular weight is 307 g/mol. The molecule has 0 bridgehead atoms. The van der Waals surface area contributed by atoms with Crippen molar-refractivity contribution < 1.29 is 23.9 Å². The van der Waals surface area contributed by atoms with Crippen LogP contribution in [-0.4, -0.2) is 31.0 Å². The molecule has 1 aromatic carbocycles. The van der Waals surface area contributed by atoms with Crippen molar-refractivity contribution in [3.63, 3.8) is 0 Å². The monoisotopic (exact) mass is 307 g/mol. The van der Waals surface area contributed by atoms with E-state index in [1.165, 1.54) is 7.11 Å². The lowest BCUT2D eigenvalue weighted by Crippen LogP contribution is -2.44. The van der Waals surface area contributed by atoms with Crippen LogP contribution in [0.4, 0.5) is 0 Å². The first-order valence-electron chi connectivity index (χ1n) is 7.01. The van der Waals surface area contributed by atoms with Gasteiger partial charge >= 0.3 is 11.9 Å². The van der Waals surface area contributed by atoms with Gasteiger partial charge in [-0.1, -0.05) is 44.2 Å². The number of carbonyl (C=O) groups is 3. The van der Waals surface area contributed by atoms with E-state index in [9.17, 15) is 14.4 Å². The number of benzene rings is 1. The number of carbonyl (C=O) groups excluding carboxylic acids is 3. The van der Waals surface area contributed by atoms with E-state index in [0.29, 0.717) is 0 Å². The van der Waals surface area contributed by atoms with Crippen molar-refractivity contribution in [2.24, 2.45) is 5.92 Å². The quantitative estimate of drug-likeness (QED) is 0.771. The molecule has 0 spiro atoms. The van der Waals surface area contributed by atoms with E-state index in [0.717, 1.165) is 5.56 Å². The first kappa shape index (κ1) is 17.7. The Bertz CT molecular complexity index is 513. The number of amides is 1. The molecule has 0 saturated heterocycles. The van der Waals surface area contributed by atoms with E-state index < -0.39 is 18.0 Å². The SMILES string of the molecule is COC(=O)CC(NC(=O)C(C)C)C(=O)OCc1ccccc1. The van der Waals surface area contributed by atoms with Gasteiger partial charge in [-0.15, -0.1) is 0 Å². The molecule has 1 unspecified atom stereocenters. The molecule has 6 nitrogen and oxygen atoms in total. The maximum atomic E-state index is 12.1. The number of hydrogen-bond donors (Lipinski definition) is 1. The molecule has 0 aliphatic heterocycles. The highest BCUT2D eigenvalue weighted by Gasteiger charge is 2.26. The molecule has 22 heavy (non-hydrogen) atoms. The third-order valence-electron chi connectivity index (χ3n) is 2.95. The fourth-order valence-electron chi connectivity index (χ4n) is 1.61. The van der Waals surface area contributed by atoms with E-state index in [1.54, 1.807) is 13.8 Å². The Hall–Kier alpha value is -2.37. The number of methoxy groups -OCH3 is 1. The maximum absolute atomic E-state index is 12.1. The number of hydrogen-bond acceptors (Lipinski definition) is 5. The van der Waals surface area contributed by atoms with E-state index in [4.69, 9.17) is 4.74 Å². The minimum absolute atomic E-state index is 0.0783. The van der Waals surface area contributed by atoms with Crippen molar-refractivity contribution in [1.82, 2.24) is 5.32 Å². The van der Waals surface area contributed by atoms with Crippen molar-refractivity contribution in [2.75, 3.05) is 7.11 Å². The summed E-state index contributed by atoms with van der Waals surface area (Å²) in [5, 5.41) is 2.50. The summed E-state index contributed by atoms with van der Waals surface area (Å²) in [6, 6.07) is 8.09. The second-order valence-corrected chi connectivity index (χ2v) is 5.09. The zero-order valence-electron chi connectivity index (χ0n) is 13.0. The topological polar surface area (TPSA) is 81.7 Å². The summed E-state index contributed by atoms with van der Waals surface area (Å²) in [6.07, 6.45) is -0.261. The summed E-state index contributed by atoms with van der Waals surface area (Å²) in [5.74, 6) is -1.89. The highest BCUT2D eigenvalue weighted by molar-refractivity contribution is 5.88. The fourth-order valence-corrected chi connectivity index (χ4v) is 1.61. The van der Waals surface area contributed by atoms with E-state index >= 15 is 0 Å². The summed E-state index contributed by atoms with van der Waals surface area (Å²) in [4.78, 5) is 35.2. The van der Waals surface area contributed by atoms with Crippen molar-refractivity contribution in [2.45, 2.75) is 32.9 Å². The van der Waals surface area contributed by atoms with E-state index in [-0.39, 0.29) is 24.9 Å². The van der Waals surface area contributed by atoms with Gasteiger partial charge in [0.2, 0.25) is 5.91 Å². The van der Waals surface area contributed by atoms with Gasteiger partial charge in [0.1, 0.15) is 12.6 Å². The van der Waals surface area contributed by atoms with Crippen LogP contribution < -0.4 is 5.32 Å². The van der Waals surface area contributed by atoms with Crippen molar-refractivity contribution in [3.05, 3.63) is 35.9 Å². The molecule has 1 aromatic rings. The summed E-state index contributed by atoms with van der Waals surface area (Å²) in [7, 11) is 1.22. The highest BCUT2D eigenvalue weighted by atomic mass is 16.5.